The van der Waals surface area contributed by atoms with Crippen LogP contribution >= 0.6 is 0 Å². The molecule has 1 atom stereocenters. The number of hydrogen-bond donors (Lipinski definition) is 3. The van der Waals surface area contributed by atoms with Gasteiger partial charge in [-0.15, -0.1) is 18.7 Å². The van der Waals surface area contributed by atoms with Crippen LogP contribution in [0.4, 0.5) is 36.6 Å². The first-order valence-electron chi connectivity index (χ1n) is 8.09. The number of nitrogens with one attached hydrogen (secondary N) is 1. The van der Waals surface area contributed by atoms with Crippen molar-refractivity contribution in [1.29, 1.82) is 0 Å². The van der Waals surface area contributed by atoms with Crippen LogP contribution in [-0.2, 0) is 15.2 Å². The van der Waals surface area contributed by atoms with Crippen LogP contribution in [0.2, 0.25) is 0 Å². The van der Waals surface area contributed by atoms with Gasteiger partial charge >= 0.3 is 12.5 Å². The Kier molecular flexibility index (Phi) is 5.21. The van der Waals surface area contributed by atoms with Crippen molar-refractivity contribution in [2.45, 2.75) is 18.1 Å². The number of alkyl halides is 6. The number of nitrogen functional groups attached to an aromatic ring is 1. The summed E-state index contributed by atoms with van der Waals surface area (Å²) in [5.41, 5.74) is 6.23. The number of hydroxylamine groups is 1. The maximum absolute atomic E-state index is 13.9. The number of halogens is 7. The number of amides is 1. The van der Waals surface area contributed by atoms with Crippen LogP contribution in [0.25, 0.3) is 11.1 Å². The minimum atomic E-state index is -5.20. The van der Waals surface area contributed by atoms with Gasteiger partial charge in [-0.1, -0.05) is 0 Å². The number of nitrogens with two attached hydrogens (primary N) is 2. The summed E-state index contributed by atoms with van der Waals surface area (Å²) >= 11 is 0. The predicted molar refractivity (Wildman–Crippen MR) is 90.0 cm³/mol. The van der Waals surface area contributed by atoms with Crippen LogP contribution in [-0.4, -0.2) is 23.4 Å². The van der Waals surface area contributed by atoms with Crippen molar-refractivity contribution in [3.63, 3.8) is 0 Å². The van der Waals surface area contributed by atoms with E-state index in [1.165, 1.54) is 0 Å². The largest absolute Gasteiger partial charge is 0.573 e. The van der Waals surface area contributed by atoms with Gasteiger partial charge in [0.1, 0.15) is 23.6 Å². The topological polar surface area (TPSA) is 112 Å². The van der Waals surface area contributed by atoms with Crippen LogP contribution in [0.3, 0.4) is 0 Å². The Morgan fingerprint density at radius 3 is 2.32 bits per heavy atom. The molecule has 3 rings (SSSR count). The maximum atomic E-state index is 13.9. The second-order valence-corrected chi connectivity index (χ2v) is 6.18. The molecule has 0 aliphatic carbocycles. The molecular weight excluding hydrogens is 441 g/mol. The van der Waals surface area contributed by atoms with E-state index in [1.54, 1.807) is 5.48 Å². The van der Waals surface area contributed by atoms with Gasteiger partial charge in [0.25, 0.3) is 5.91 Å². The number of benzene rings is 1. The van der Waals surface area contributed by atoms with E-state index in [-0.39, 0.29) is 5.56 Å². The summed E-state index contributed by atoms with van der Waals surface area (Å²) < 4.78 is 97.1. The van der Waals surface area contributed by atoms with Crippen molar-refractivity contribution in [2.75, 3.05) is 5.73 Å². The number of anilines is 1. The van der Waals surface area contributed by atoms with Gasteiger partial charge in [0.2, 0.25) is 5.54 Å². The molecule has 2 heterocycles. The van der Waals surface area contributed by atoms with Gasteiger partial charge in [-0.05, 0) is 30.3 Å². The van der Waals surface area contributed by atoms with Crippen LogP contribution in [0.1, 0.15) is 5.69 Å². The zero-order chi connectivity index (χ0) is 23.2. The first-order chi connectivity index (χ1) is 14.3. The molecular formula is C17H11F7N4O3. The standard InChI is InChI=1S/C17H11F7N4O3/c18-7-1-3-11(31-17(22,23)24)9(5-7)8-2-4-12(27-13(8)25)15(16(19,20)21)10(14(26)29)6-30-28-15/h1-6,28H,(H2,25,27)(H2,26,29). The number of nitrogens with zero attached hydrogens (tertiary/aromatic N) is 1. The number of hydrogen-bond acceptors (Lipinski definition) is 6. The molecule has 5 N–H and O–H groups in total. The second kappa shape index (κ2) is 7.30. The van der Waals surface area contributed by atoms with Crippen LogP contribution < -0.4 is 21.7 Å². The highest BCUT2D eigenvalue weighted by atomic mass is 19.4. The Bertz CT molecular complexity index is 1070. The summed E-state index contributed by atoms with van der Waals surface area (Å²) in [5, 5.41) is 0. The average molecular weight is 452 g/mol. The molecule has 31 heavy (non-hydrogen) atoms. The van der Waals surface area contributed by atoms with E-state index in [9.17, 15) is 35.5 Å². The van der Waals surface area contributed by atoms with Gasteiger partial charge in [0.15, 0.2) is 0 Å². The molecule has 0 bridgehead atoms. The molecule has 1 unspecified atom stereocenters. The van der Waals surface area contributed by atoms with E-state index in [0.29, 0.717) is 24.5 Å². The van der Waals surface area contributed by atoms with E-state index in [0.717, 1.165) is 12.1 Å². The Hall–Kier alpha value is -3.55. The van der Waals surface area contributed by atoms with Crippen molar-refractivity contribution in [1.82, 2.24) is 10.5 Å². The molecule has 0 saturated carbocycles. The lowest BCUT2D eigenvalue weighted by Gasteiger charge is -2.31. The number of carbonyl (C=O) groups excluding carboxylic acids is 1. The van der Waals surface area contributed by atoms with Gasteiger partial charge in [-0.2, -0.15) is 13.2 Å². The highest BCUT2D eigenvalue weighted by molar-refractivity contribution is 5.95. The van der Waals surface area contributed by atoms with Crippen LogP contribution in [0.15, 0.2) is 42.2 Å². The Morgan fingerprint density at radius 2 is 1.77 bits per heavy atom. The molecule has 0 radical (unpaired) electrons. The molecule has 1 amide bonds. The highest BCUT2D eigenvalue weighted by Crippen LogP contribution is 2.47. The second-order valence-electron chi connectivity index (χ2n) is 6.18. The van der Waals surface area contributed by atoms with E-state index in [4.69, 9.17) is 11.5 Å². The Labute approximate surface area is 168 Å². The summed E-state index contributed by atoms with van der Waals surface area (Å²) in [6, 6.07) is 3.58. The van der Waals surface area contributed by atoms with Crippen molar-refractivity contribution in [3.8, 4) is 16.9 Å². The third kappa shape index (κ3) is 3.93. The zero-order valence-electron chi connectivity index (χ0n) is 14.9. The molecule has 0 spiro atoms. The van der Waals surface area contributed by atoms with Gasteiger partial charge in [-0.25, -0.2) is 9.37 Å². The Balaban J connectivity index is 2.16. The number of rotatable bonds is 4. The van der Waals surface area contributed by atoms with Gasteiger partial charge in [0.05, 0.1) is 11.3 Å². The molecule has 0 saturated heterocycles. The molecule has 14 heteroatoms. The fraction of sp³-hybridized carbons (Fsp3) is 0.176. The van der Waals surface area contributed by atoms with Crippen LogP contribution in [0.5, 0.6) is 5.75 Å². The summed E-state index contributed by atoms with van der Waals surface area (Å²) in [4.78, 5) is 19.6. The Morgan fingerprint density at radius 1 is 1.10 bits per heavy atom. The maximum Gasteiger partial charge on any atom is 0.573 e. The summed E-state index contributed by atoms with van der Waals surface area (Å²) in [6.45, 7) is 0. The molecule has 1 aromatic carbocycles. The lowest BCUT2D eigenvalue weighted by atomic mass is 9.86. The fourth-order valence-electron chi connectivity index (χ4n) is 2.95. The number of ether oxygens (including phenoxy) is 1. The highest BCUT2D eigenvalue weighted by Gasteiger charge is 2.64. The van der Waals surface area contributed by atoms with Crippen molar-refractivity contribution < 1.29 is 45.1 Å². The monoisotopic (exact) mass is 452 g/mol. The van der Waals surface area contributed by atoms with Crippen molar-refractivity contribution >= 4 is 11.7 Å². The van der Waals surface area contributed by atoms with Crippen molar-refractivity contribution in [3.05, 3.63) is 53.7 Å². The van der Waals surface area contributed by atoms with Crippen LogP contribution in [0, 0.1) is 5.82 Å². The molecule has 1 aromatic heterocycles. The number of carbonyl (C=O) groups is 1. The van der Waals surface area contributed by atoms with E-state index in [1.807, 2.05) is 0 Å². The molecule has 2 aromatic rings. The van der Waals surface area contributed by atoms with E-state index in [2.05, 4.69) is 14.6 Å². The van der Waals surface area contributed by atoms with Crippen molar-refractivity contribution in [2.24, 2.45) is 5.73 Å². The third-order valence-corrected chi connectivity index (χ3v) is 4.25. The van der Waals surface area contributed by atoms with E-state index >= 15 is 0 Å². The zero-order valence-corrected chi connectivity index (χ0v) is 14.9. The summed E-state index contributed by atoms with van der Waals surface area (Å²) in [5.74, 6) is -4.01. The minimum absolute atomic E-state index is 0.358. The SMILES string of the molecule is NC(=O)C1=CONC1(c1ccc(-c2cc(F)ccc2OC(F)(F)F)c(N)n1)C(F)(F)F. The normalized spacial score (nSPS) is 19.0. The number of pyridine rings is 1. The molecule has 0 fully saturated rings. The fourth-order valence-corrected chi connectivity index (χ4v) is 2.95. The summed E-state index contributed by atoms with van der Waals surface area (Å²) in [6.07, 6.45) is -9.89. The quantitative estimate of drug-likeness (QED) is 0.615. The molecule has 7 nitrogen and oxygen atoms in total. The molecule has 1 aliphatic rings. The average Bonchev–Trinajstić information content (AvgIpc) is 3.09. The number of primary amides is 1. The first kappa shape index (κ1) is 22.1. The lowest BCUT2D eigenvalue weighted by Crippen LogP contribution is -2.54. The number of aromatic nitrogens is 1. The first-order valence-corrected chi connectivity index (χ1v) is 8.09. The van der Waals surface area contributed by atoms with Gasteiger partial charge in [-0.3, -0.25) is 4.79 Å². The third-order valence-electron chi connectivity index (χ3n) is 4.25. The van der Waals surface area contributed by atoms with Gasteiger partial charge < -0.3 is 21.0 Å². The predicted octanol–water partition coefficient (Wildman–Crippen LogP) is 3.03. The lowest BCUT2D eigenvalue weighted by molar-refractivity contribution is -0.274. The molecule has 1 aliphatic heterocycles. The smallest absolute Gasteiger partial charge is 0.414 e. The molecule has 166 valence electrons. The summed E-state index contributed by atoms with van der Waals surface area (Å²) in [7, 11) is 0. The van der Waals surface area contributed by atoms with Gasteiger partial charge in [0, 0.05) is 11.1 Å². The van der Waals surface area contributed by atoms with E-state index < -0.39 is 58.2 Å². The minimum Gasteiger partial charge on any atom is -0.414 e.